The molecule has 0 unspecified atom stereocenters. The van der Waals surface area contributed by atoms with E-state index < -0.39 is 5.97 Å². The lowest BCUT2D eigenvalue weighted by molar-refractivity contribution is -0.138. The molecule has 112 valence electrons. The van der Waals surface area contributed by atoms with Gasteiger partial charge in [0, 0.05) is 19.6 Å². The first kappa shape index (κ1) is 16.7. The predicted octanol–water partition coefficient (Wildman–Crippen LogP) is 2.06. The molecule has 0 aromatic heterocycles. The lowest BCUT2D eigenvalue weighted by Gasteiger charge is -2.23. The molecular weight excluding hydrogens is 252 g/mol. The number of aryl methyl sites for hydroxylation is 3. The summed E-state index contributed by atoms with van der Waals surface area (Å²) in [5.74, 6) is -0.773. The highest BCUT2D eigenvalue weighted by atomic mass is 16.4. The molecule has 1 N–H and O–H groups in total. The fraction of sp³-hybridized carbons (Fsp3) is 0.562. The van der Waals surface area contributed by atoms with Crippen molar-refractivity contribution in [2.75, 3.05) is 33.7 Å². The van der Waals surface area contributed by atoms with E-state index in [0.717, 1.165) is 13.1 Å². The Bertz CT molecular complexity index is 470. The molecule has 1 aromatic carbocycles. The minimum atomic E-state index is -0.773. The van der Waals surface area contributed by atoms with Crippen molar-refractivity contribution in [3.05, 3.63) is 34.4 Å². The highest BCUT2D eigenvalue weighted by Gasteiger charge is 2.12. The van der Waals surface area contributed by atoms with Gasteiger partial charge in [0.05, 0.1) is 6.54 Å². The number of nitrogens with zero attached hydrogens (tertiary/aromatic N) is 2. The van der Waals surface area contributed by atoms with E-state index in [4.69, 9.17) is 5.11 Å². The Morgan fingerprint density at radius 1 is 1.05 bits per heavy atom. The van der Waals surface area contributed by atoms with Crippen LogP contribution in [0.5, 0.6) is 0 Å². The standard InChI is InChI=1S/C16H26N2O2/c1-12-8-14(3)15(9-13(12)2)10-18(11-16(19)20)7-6-17(4)5/h8-9H,6-7,10-11H2,1-5H3,(H,19,20). The minimum absolute atomic E-state index is 0.0835. The predicted molar refractivity (Wildman–Crippen MR) is 82.1 cm³/mol. The zero-order chi connectivity index (χ0) is 15.3. The second kappa shape index (κ2) is 7.41. The van der Waals surface area contributed by atoms with Gasteiger partial charge in [-0.05, 0) is 57.1 Å². The molecule has 0 saturated carbocycles. The summed E-state index contributed by atoms with van der Waals surface area (Å²) in [4.78, 5) is 15.1. The number of carbonyl (C=O) groups is 1. The number of likely N-dealkylation sites (N-methyl/N-ethyl adjacent to an activating group) is 1. The van der Waals surface area contributed by atoms with Gasteiger partial charge in [-0.1, -0.05) is 12.1 Å². The molecule has 0 amide bonds. The van der Waals surface area contributed by atoms with E-state index >= 15 is 0 Å². The van der Waals surface area contributed by atoms with Crippen molar-refractivity contribution in [2.45, 2.75) is 27.3 Å². The average Bonchev–Trinajstić information content (AvgIpc) is 2.32. The molecule has 0 heterocycles. The molecule has 0 aliphatic rings. The van der Waals surface area contributed by atoms with E-state index in [-0.39, 0.29) is 6.54 Å². The van der Waals surface area contributed by atoms with Gasteiger partial charge in [0.25, 0.3) is 0 Å². The zero-order valence-electron chi connectivity index (χ0n) is 13.2. The van der Waals surface area contributed by atoms with Gasteiger partial charge in [-0.15, -0.1) is 0 Å². The van der Waals surface area contributed by atoms with Crippen molar-refractivity contribution in [3.63, 3.8) is 0 Å². The topological polar surface area (TPSA) is 43.8 Å². The molecule has 0 aliphatic carbocycles. The Morgan fingerprint density at radius 3 is 2.20 bits per heavy atom. The minimum Gasteiger partial charge on any atom is -0.480 e. The second-order valence-corrected chi connectivity index (χ2v) is 5.77. The van der Waals surface area contributed by atoms with Crippen LogP contribution in [0.25, 0.3) is 0 Å². The Kier molecular flexibility index (Phi) is 6.17. The zero-order valence-corrected chi connectivity index (χ0v) is 13.2. The first-order chi connectivity index (χ1) is 9.29. The lowest BCUT2D eigenvalue weighted by Crippen LogP contribution is -2.35. The Hall–Kier alpha value is -1.39. The Balaban J connectivity index is 2.82. The van der Waals surface area contributed by atoms with Gasteiger partial charge < -0.3 is 10.0 Å². The van der Waals surface area contributed by atoms with E-state index in [9.17, 15) is 4.79 Å². The van der Waals surface area contributed by atoms with E-state index in [1.54, 1.807) is 0 Å². The summed E-state index contributed by atoms with van der Waals surface area (Å²) >= 11 is 0. The van der Waals surface area contributed by atoms with Crippen molar-refractivity contribution in [2.24, 2.45) is 0 Å². The molecule has 0 spiro atoms. The van der Waals surface area contributed by atoms with Crippen LogP contribution in [0, 0.1) is 20.8 Å². The summed E-state index contributed by atoms with van der Waals surface area (Å²) in [6.45, 7) is 8.68. The van der Waals surface area contributed by atoms with Crippen LogP contribution < -0.4 is 0 Å². The Labute approximate surface area is 122 Å². The van der Waals surface area contributed by atoms with Crippen LogP contribution in [0.2, 0.25) is 0 Å². The van der Waals surface area contributed by atoms with Gasteiger partial charge in [-0.25, -0.2) is 0 Å². The molecule has 0 bridgehead atoms. The molecule has 4 nitrogen and oxygen atoms in total. The van der Waals surface area contributed by atoms with E-state index in [1.165, 1.54) is 22.3 Å². The highest BCUT2D eigenvalue weighted by molar-refractivity contribution is 5.69. The molecule has 0 fully saturated rings. The van der Waals surface area contributed by atoms with Crippen molar-refractivity contribution < 1.29 is 9.90 Å². The monoisotopic (exact) mass is 278 g/mol. The van der Waals surface area contributed by atoms with Gasteiger partial charge in [0.1, 0.15) is 0 Å². The number of aliphatic carboxylic acids is 1. The van der Waals surface area contributed by atoms with Gasteiger partial charge in [-0.2, -0.15) is 0 Å². The molecule has 4 heteroatoms. The molecular formula is C16H26N2O2. The fourth-order valence-corrected chi connectivity index (χ4v) is 2.18. The van der Waals surface area contributed by atoms with Gasteiger partial charge in [-0.3, -0.25) is 9.69 Å². The van der Waals surface area contributed by atoms with Crippen LogP contribution in [0.4, 0.5) is 0 Å². The van der Waals surface area contributed by atoms with Crippen molar-refractivity contribution >= 4 is 5.97 Å². The number of benzene rings is 1. The van der Waals surface area contributed by atoms with E-state index in [1.807, 2.05) is 19.0 Å². The maximum Gasteiger partial charge on any atom is 0.317 e. The molecule has 0 atom stereocenters. The van der Waals surface area contributed by atoms with Gasteiger partial charge in [0.2, 0.25) is 0 Å². The van der Waals surface area contributed by atoms with Crippen LogP contribution in [0.3, 0.4) is 0 Å². The molecule has 1 rings (SSSR count). The molecule has 0 aliphatic heterocycles. The molecule has 20 heavy (non-hydrogen) atoms. The Morgan fingerprint density at radius 2 is 1.65 bits per heavy atom. The van der Waals surface area contributed by atoms with Crippen LogP contribution in [0.15, 0.2) is 12.1 Å². The van der Waals surface area contributed by atoms with Crippen LogP contribution in [-0.2, 0) is 11.3 Å². The van der Waals surface area contributed by atoms with Crippen LogP contribution in [0.1, 0.15) is 22.3 Å². The largest absolute Gasteiger partial charge is 0.480 e. The number of carboxylic acids is 1. The third-order valence-electron chi connectivity index (χ3n) is 3.57. The van der Waals surface area contributed by atoms with E-state index in [2.05, 4.69) is 37.8 Å². The summed E-state index contributed by atoms with van der Waals surface area (Å²) in [6, 6.07) is 4.35. The fourth-order valence-electron chi connectivity index (χ4n) is 2.18. The molecule has 0 saturated heterocycles. The number of hydrogen-bond donors (Lipinski definition) is 1. The maximum absolute atomic E-state index is 11.0. The smallest absolute Gasteiger partial charge is 0.317 e. The number of hydrogen-bond acceptors (Lipinski definition) is 3. The van der Waals surface area contributed by atoms with Gasteiger partial charge in [0.15, 0.2) is 0 Å². The summed E-state index contributed by atoms with van der Waals surface area (Å²) in [7, 11) is 4.00. The summed E-state index contributed by atoms with van der Waals surface area (Å²) < 4.78 is 0. The summed E-state index contributed by atoms with van der Waals surface area (Å²) in [5, 5.41) is 9.04. The lowest BCUT2D eigenvalue weighted by atomic mass is 10.0. The first-order valence-electron chi connectivity index (χ1n) is 6.95. The van der Waals surface area contributed by atoms with E-state index in [0.29, 0.717) is 6.54 Å². The summed E-state index contributed by atoms with van der Waals surface area (Å²) in [5.41, 5.74) is 4.99. The number of rotatable bonds is 7. The molecule has 0 radical (unpaired) electrons. The molecule has 1 aromatic rings. The maximum atomic E-state index is 11.0. The normalized spacial score (nSPS) is 11.3. The third kappa shape index (κ3) is 5.31. The second-order valence-electron chi connectivity index (χ2n) is 5.77. The van der Waals surface area contributed by atoms with Crippen molar-refractivity contribution in [1.82, 2.24) is 9.80 Å². The van der Waals surface area contributed by atoms with Crippen LogP contribution >= 0.6 is 0 Å². The quantitative estimate of drug-likeness (QED) is 0.829. The van der Waals surface area contributed by atoms with Gasteiger partial charge >= 0.3 is 5.97 Å². The number of carboxylic acid groups (broad SMARTS) is 1. The van der Waals surface area contributed by atoms with Crippen molar-refractivity contribution in [1.29, 1.82) is 0 Å². The average molecular weight is 278 g/mol. The summed E-state index contributed by atoms with van der Waals surface area (Å²) in [6.07, 6.45) is 0. The van der Waals surface area contributed by atoms with Crippen molar-refractivity contribution in [3.8, 4) is 0 Å². The first-order valence-corrected chi connectivity index (χ1v) is 6.95. The third-order valence-corrected chi connectivity index (χ3v) is 3.57. The highest BCUT2D eigenvalue weighted by Crippen LogP contribution is 2.17. The van der Waals surface area contributed by atoms with Crippen LogP contribution in [-0.4, -0.2) is 54.6 Å². The SMILES string of the molecule is Cc1cc(C)c(CN(CCN(C)C)CC(=O)O)cc1C.